The third-order valence-corrected chi connectivity index (χ3v) is 3.25. The second-order valence-electron chi connectivity index (χ2n) is 5.07. The molecule has 0 aliphatic carbocycles. The van der Waals surface area contributed by atoms with E-state index in [0.29, 0.717) is 5.69 Å². The molecule has 0 fully saturated rings. The number of rotatable bonds is 5. The Morgan fingerprint density at radius 2 is 1.67 bits per heavy atom. The van der Waals surface area contributed by atoms with E-state index in [9.17, 15) is 14.4 Å². The number of para-hydroxylation sites is 1. The van der Waals surface area contributed by atoms with Crippen LogP contribution in [0.2, 0.25) is 0 Å². The van der Waals surface area contributed by atoms with Crippen LogP contribution < -0.4 is 16.8 Å². The third-order valence-electron chi connectivity index (χ3n) is 3.25. The van der Waals surface area contributed by atoms with Gasteiger partial charge in [-0.3, -0.25) is 9.59 Å². The Morgan fingerprint density at radius 3 is 2.29 bits per heavy atom. The van der Waals surface area contributed by atoms with E-state index >= 15 is 0 Å². The highest BCUT2D eigenvalue weighted by molar-refractivity contribution is 6.04. The van der Waals surface area contributed by atoms with E-state index in [0.717, 1.165) is 0 Å². The molecule has 0 saturated heterocycles. The molecule has 0 spiro atoms. The summed E-state index contributed by atoms with van der Waals surface area (Å²) in [5.74, 6) is -1.90. The average molecular weight is 327 g/mol. The van der Waals surface area contributed by atoms with Crippen molar-refractivity contribution in [2.45, 2.75) is 13.0 Å². The number of hydrogen-bond donors (Lipinski definition) is 3. The fourth-order valence-electron chi connectivity index (χ4n) is 1.94. The largest absolute Gasteiger partial charge is 0.449 e. The zero-order valence-corrected chi connectivity index (χ0v) is 13.0. The predicted octanol–water partition coefficient (Wildman–Crippen LogP) is 1.55. The molecular weight excluding hydrogens is 310 g/mol. The molecule has 1 atom stereocenters. The van der Waals surface area contributed by atoms with Crippen LogP contribution in [0.5, 0.6) is 0 Å². The van der Waals surface area contributed by atoms with Crippen LogP contribution in [0.3, 0.4) is 0 Å². The second-order valence-corrected chi connectivity index (χ2v) is 5.07. The molecule has 0 aliphatic heterocycles. The Kier molecular flexibility index (Phi) is 5.16. The molecule has 24 heavy (non-hydrogen) atoms. The Bertz CT molecular complexity index is 772. The van der Waals surface area contributed by atoms with Gasteiger partial charge in [0.2, 0.25) is 0 Å². The Hall–Kier alpha value is -3.35. The molecule has 0 radical (unpaired) electrons. The Labute approximate surface area is 138 Å². The summed E-state index contributed by atoms with van der Waals surface area (Å²) in [5.41, 5.74) is 12.0. The van der Waals surface area contributed by atoms with Crippen LogP contribution in [-0.2, 0) is 9.53 Å². The molecule has 7 heteroatoms. The van der Waals surface area contributed by atoms with Gasteiger partial charge in [0.1, 0.15) is 0 Å². The van der Waals surface area contributed by atoms with Crippen molar-refractivity contribution < 1.29 is 19.1 Å². The number of carbonyl (C=O) groups excluding carboxylic acids is 3. The number of nitrogens with one attached hydrogen (secondary N) is 1. The number of anilines is 2. The summed E-state index contributed by atoms with van der Waals surface area (Å²) in [5, 5.41) is 2.52. The van der Waals surface area contributed by atoms with E-state index in [1.807, 2.05) is 0 Å². The first-order valence-corrected chi connectivity index (χ1v) is 7.14. The molecule has 0 heterocycles. The molecule has 2 amide bonds. The maximum atomic E-state index is 12.1. The van der Waals surface area contributed by atoms with Gasteiger partial charge in [0, 0.05) is 5.69 Å². The number of carbonyl (C=O) groups is 3. The molecular formula is C17H17N3O4. The van der Waals surface area contributed by atoms with Gasteiger partial charge in [0.15, 0.2) is 6.10 Å². The molecule has 0 bridgehead atoms. The van der Waals surface area contributed by atoms with Gasteiger partial charge < -0.3 is 21.5 Å². The fourth-order valence-corrected chi connectivity index (χ4v) is 1.94. The summed E-state index contributed by atoms with van der Waals surface area (Å²) in [6.45, 7) is 1.43. The number of benzene rings is 2. The summed E-state index contributed by atoms with van der Waals surface area (Å²) >= 11 is 0. The van der Waals surface area contributed by atoms with E-state index < -0.39 is 23.9 Å². The van der Waals surface area contributed by atoms with Crippen molar-refractivity contribution in [2.75, 3.05) is 11.1 Å². The average Bonchev–Trinajstić information content (AvgIpc) is 2.55. The summed E-state index contributed by atoms with van der Waals surface area (Å²) in [7, 11) is 0. The summed E-state index contributed by atoms with van der Waals surface area (Å²) in [6.07, 6.45) is -1.06. The number of esters is 1. The van der Waals surface area contributed by atoms with Gasteiger partial charge in [-0.1, -0.05) is 12.1 Å². The fraction of sp³-hybridized carbons (Fsp3) is 0.118. The molecule has 2 rings (SSSR count). The normalized spacial score (nSPS) is 11.4. The van der Waals surface area contributed by atoms with Crippen molar-refractivity contribution in [1.29, 1.82) is 0 Å². The molecule has 0 aliphatic rings. The third kappa shape index (κ3) is 4.10. The minimum absolute atomic E-state index is 0.169. The van der Waals surface area contributed by atoms with E-state index in [1.165, 1.54) is 31.2 Å². The molecule has 124 valence electrons. The topological polar surface area (TPSA) is 125 Å². The monoisotopic (exact) mass is 327 g/mol. The van der Waals surface area contributed by atoms with Crippen LogP contribution in [0.1, 0.15) is 27.6 Å². The van der Waals surface area contributed by atoms with E-state index in [4.69, 9.17) is 16.2 Å². The summed E-state index contributed by atoms with van der Waals surface area (Å²) in [4.78, 5) is 35.5. The minimum Gasteiger partial charge on any atom is -0.449 e. The van der Waals surface area contributed by atoms with Gasteiger partial charge in [0.05, 0.1) is 16.8 Å². The SMILES string of the molecule is CC(OC(=O)c1ccc(N)cc1)C(=O)Nc1ccccc1C(N)=O. The molecule has 2 aromatic carbocycles. The van der Waals surface area contributed by atoms with E-state index in [1.54, 1.807) is 24.3 Å². The first kappa shape index (κ1) is 17.0. The number of nitrogens with two attached hydrogens (primary N) is 2. The Balaban J connectivity index is 2.04. The van der Waals surface area contributed by atoms with Gasteiger partial charge in [-0.25, -0.2) is 4.79 Å². The number of hydrogen-bond acceptors (Lipinski definition) is 5. The van der Waals surface area contributed by atoms with E-state index in [2.05, 4.69) is 5.32 Å². The van der Waals surface area contributed by atoms with Gasteiger partial charge in [-0.2, -0.15) is 0 Å². The lowest BCUT2D eigenvalue weighted by atomic mass is 10.1. The predicted molar refractivity (Wildman–Crippen MR) is 89.3 cm³/mol. The maximum absolute atomic E-state index is 12.1. The standard InChI is InChI=1S/C17H17N3O4/c1-10(24-17(23)11-6-8-12(18)9-7-11)16(22)20-14-5-3-2-4-13(14)15(19)21/h2-10H,18H2,1H3,(H2,19,21)(H,20,22). The molecule has 7 nitrogen and oxygen atoms in total. The zero-order chi connectivity index (χ0) is 17.7. The van der Waals surface area contributed by atoms with Gasteiger partial charge in [0.25, 0.3) is 11.8 Å². The summed E-state index contributed by atoms with van der Waals surface area (Å²) in [6, 6.07) is 12.4. The van der Waals surface area contributed by atoms with Crippen molar-refractivity contribution >= 4 is 29.2 Å². The number of primary amides is 1. The Morgan fingerprint density at radius 1 is 1.04 bits per heavy atom. The lowest BCUT2D eigenvalue weighted by molar-refractivity contribution is -0.123. The molecule has 5 N–H and O–H groups in total. The highest BCUT2D eigenvalue weighted by Gasteiger charge is 2.20. The number of nitrogen functional groups attached to an aromatic ring is 1. The quantitative estimate of drug-likeness (QED) is 0.567. The molecule has 1 unspecified atom stereocenters. The first-order chi connectivity index (χ1) is 11.4. The molecule has 0 saturated carbocycles. The number of amides is 2. The highest BCUT2D eigenvalue weighted by Crippen LogP contribution is 2.15. The smallest absolute Gasteiger partial charge is 0.338 e. The molecule has 2 aromatic rings. The van der Waals surface area contributed by atoms with Crippen LogP contribution in [0, 0.1) is 0 Å². The highest BCUT2D eigenvalue weighted by atomic mass is 16.5. The lowest BCUT2D eigenvalue weighted by Crippen LogP contribution is -2.30. The summed E-state index contributed by atoms with van der Waals surface area (Å²) < 4.78 is 5.10. The molecule has 0 aromatic heterocycles. The van der Waals surface area contributed by atoms with Crippen molar-refractivity contribution in [3.05, 3.63) is 59.7 Å². The lowest BCUT2D eigenvalue weighted by Gasteiger charge is -2.15. The van der Waals surface area contributed by atoms with Crippen molar-refractivity contribution in [3.8, 4) is 0 Å². The van der Waals surface area contributed by atoms with Crippen molar-refractivity contribution in [1.82, 2.24) is 0 Å². The number of ether oxygens (including phenoxy) is 1. The van der Waals surface area contributed by atoms with Gasteiger partial charge in [-0.15, -0.1) is 0 Å². The van der Waals surface area contributed by atoms with Crippen molar-refractivity contribution in [3.63, 3.8) is 0 Å². The van der Waals surface area contributed by atoms with Gasteiger partial charge in [-0.05, 0) is 43.3 Å². The maximum Gasteiger partial charge on any atom is 0.338 e. The van der Waals surface area contributed by atoms with Crippen LogP contribution in [0.15, 0.2) is 48.5 Å². The van der Waals surface area contributed by atoms with Gasteiger partial charge >= 0.3 is 5.97 Å². The van der Waals surface area contributed by atoms with Crippen LogP contribution in [-0.4, -0.2) is 23.9 Å². The van der Waals surface area contributed by atoms with Crippen LogP contribution in [0.25, 0.3) is 0 Å². The van der Waals surface area contributed by atoms with Crippen molar-refractivity contribution in [2.24, 2.45) is 5.73 Å². The minimum atomic E-state index is -1.06. The first-order valence-electron chi connectivity index (χ1n) is 7.14. The zero-order valence-electron chi connectivity index (χ0n) is 13.0. The van der Waals surface area contributed by atoms with E-state index in [-0.39, 0.29) is 16.8 Å². The van der Waals surface area contributed by atoms with Crippen LogP contribution in [0.4, 0.5) is 11.4 Å². The van der Waals surface area contributed by atoms with Crippen LogP contribution >= 0.6 is 0 Å². The second kappa shape index (κ2) is 7.28.